The third-order valence-electron chi connectivity index (χ3n) is 4.30. The number of aldehydes is 1. The van der Waals surface area contributed by atoms with E-state index in [1.807, 2.05) is 23.1 Å². The first-order valence-corrected chi connectivity index (χ1v) is 7.84. The highest BCUT2D eigenvalue weighted by atomic mass is 35.5. The van der Waals surface area contributed by atoms with Gasteiger partial charge in [0, 0.05) is 36.8 Å². The summed E-state index contributed by atoms with van der Waals surface area (Å²) in [5.41, 5.74) is 5.88. The van der Waals surface area contributed by atoms with E-state index in [2.05, 4.69) is 4.98 Å². The molecule has 2 aromatic rings. The van der Waals surface area contributed by atoms with Crippen LogP contribution in [0.15, 0.2) is 30.5 Å². The molecule has 24 heavy (non-hydrogen) atoms. The quantitative estimate of drug-likeness (QED) is 0.649. The summed E-state index contributed by atoms with van der Waals surface area (Å²) < 4.78 is 0. The maximum absolute atomic E-state index is 11.4. The highest BCUT2D eigenvalue weighted by Gasteiger charge is 2.41. The summed E-state index contributed by atoms with van der Waals surface area (Å²) in [6, 6.07) is 7.58. The minimum absolute atomic E-state index is 0.0564. The van der Waals surface area contributed by atoms with Crippen LogP contribution in [0.3, 0.4) is 0 Å². The Bertz CT molecular complexity index is 800. The Labute approximate surface area is 143 Å². The smallest absolute Gasteiger partial charge is 0.408 e. The van der Waals surface area contributed by atoms with Crippen molar-refractivity contribution in [3.63, 3.8) is 0 Å². The monoisotopic (exact) mass is 348 g/mol. The number of carbonyl (C=O) groups excluding carboxylic acids is 1. The number of hydrogen-bond donors (Lipinski definition) is 2. The van der Waals surface area contributed by atoms with Gasteiger partial charge in [-0.1, -0.05) is 17.7 Å². The summed E-state index contributed by atoms with van der Waals surface area (Å²) >= 11 is 5.94. The van der Waals surface area contributed by atoms with Gasteiger partial charge in [-0.25, -0.2) is 9.78 Å². The van der Waals surface area contributed by atoms with Gasteiger partial charge in [-0.15, -0.1) is 0 Å². The lowest BCUT2D eigenvalue weighted by molar-refractivity contribution is -0.110. The van der Waals surface area contributed by atoms with Gasteiger partial charge in [0.25, 0.3) is 0 Å². The largest absolute Gasteiger partial charge is 0.465 e. The lowest BCUT2D eigenvalue weighted by Crippen LogP contribution is -2.69. The summed E-state index contributed by atoms with van der Waals surface area (Å²) in [4.78, 5) is 29.5. The van der Waals surface area contributed by atoms with E-state index in [1.165, 1.54) is 0 Å². The highest BCUT2D eigenvalue weighted by molar-refractivity contribution is 6.30. The molecular weight excluding hydrogens is 332 g/mol. The van der Waals surface area contributed by atoms with Crippen LogP contribution in [-0.4, -0.2) is 52.7 Å². The standard InChI is InChI=1S/C16H17ClN4O3/c17-14-8-12-7-13(2-1-11(12)9-19-14)20-4-5-21(15(23)24)16(18,10-20)3-6-22/h1-2,6-9H,3-5,10,18H2,(H,23,24). The molecule has 2 heterocycles. The van der Waals surface area contributed by atoms with E-state index in [0.717, 1.165) is 21.4 Å². The molecule has 0 saturated carbocycles. The van der Waals surface area contributed by atoms with Gasteiger partial charge in [-0.05, 0) is 23.6 Å². The number of nitrogens with two attached hydrogens (primary N) is 1. The molecule has 1 atom stereocenters. The zero-order chi connectivity index (χ0) is 17.3. The van der Waals surface area contributed by atoms with E-state index in [9.17, 15) is 14.7 Å². The molecule has 0 bridgehead atoms. The number of pyridine rings is 1. The Morgan fingerprint density at radius 2 is 2.17 bits per heavy atom. The number of halogens is 1. The van der Waals surface area contributed by atoms with Crippen molar-refractivity contribution in [2.75, 3.05) is 24.5 Å². The first-order valence-electron chi connectivity index (χ1n) is 7.46. The van der Waals surface area contributed by atoms with Crippen LogP contribution in [0.4, 0.5) is 10.5 Å². The first kappa shape index (κ1) is 16.5. The molecule has 0 spiro atoms. The Morgan fingerprint density at radius 3 is 2.88 bits per heavy atom. The number of aromatic nitrogens is 1. The lowest BCUT2D eigenvalue weighted by atomic mass is 10.0. The molecule has 1 aromatic carbocycles. The van der Waals surface area contributed by atoms with Crippen molar-refractivity contribution >= 4 is 40.4 Å². The number of anilines is 1. The fourth-order valence-electron chi connectivity index (χ4n) is 3.06. The van der Waals surface area contributed by atoms with Crippen LogP contribution in [-0.2, 0) is 4.79 Å². The molecular formula is C16H17ClN4O3. The maximum Gasteiger partial charge on any atom is 0.408 e. The third kappa shape index (κ3) is 3.00. The summed E-state index contributed by atoms with van der Waals surface area (Å²) in [6.07, 6.45) is 1.18. The minimum Gasteiger partial charge on any atom is -0.465 e. The zero-order valence-corrected chi connectivity index (χ0v) is 13.6. The number of benzene rings is 1. The van der Waals surface area contributed by atoms with Crippen molar-refractivity contribution in [2.45, 2.75) is 12.1 Å². The molecule has 1 fully saturated rings. The van der Waals surface area contributed by atoms with E-state index in [1.54, 1.807) is 12.3 Å². The normalized spacial score (nSPS) is 21.1. The van der Waals surface area contributed by atoms with E-state index >= 15 is 0 Å². The summed E-state index contributed by atoms with van der Waals surface area (Å²) in [5.74, 6) is 0. The number of carbonyl (C=O) groups is 2. The van der Waals surface area contributed by atoms with Crippen molar-refractivity contribution in [3.8, 4) is 0 Å². The van der Waals surface area contributed by atoms with E-state index in [4.69, 9.17) is 17.3 Å². The molecule has 3 rings (SSSR count). The molecule has 1 amide bonds. The Kier molecular flexibility index (Phi) is 4.29. The molecule has 8 heteroatoms. The number of hydrogen-bond acceptors (Lipinski definition) is 5. The number of amides is 1. The topological polar surface area (TPSA) is 99.8 Å². The third-order valence-corrected chi connectivity index (χ3v) is 4.51. The van der Waals surface area contributed by atoms with Crippen LogP contribution in [0.1, 0.15) is 6.42 Å². The SMILES string of the molecule is NC1(CC=O)CN(c2ccc3cnc(Cl)cc3c2)CCN1C(=O)O. The second-order valence-corrected chi connectivity index (χ2v) is 6.26. The van der Waals surface area contributed by atoms with Crippen LogP contribution < -0.4 is 10.6 Å². The zero-order valence-electron chi connectivity index (χ0n) is 12.9. The lowest BCUT2D eigenvalue weighted by Gasteiger charge is -2.47. The molecule has 3 N–H and O–H groups in total. The summed E-state index contributed by atoms with van der Waals surface area (Å²) in [6.45, 7) is 0.964. The Hall–Kier alpha value is -2.38. The van der Waals surface area contributed by atoms with Gasteiger partial charge in [0.05, 0.1) is 6.54 Å². The van der Waals surface area contributed by atoms with E-state index in [-0.39, 0.29) is 19.5 Å². The van der Waals surface area contributed by atoms with Gasteiger partial charge < -0.3 is 20.5 Å². The van der Waals surface area contributed by atoms with Crippen molar-refractivity contribution in [3.05, 3.63) is 35.6 Å². The average Bonchev–Trinajstić information content (AvgIpc) is 2.53. The van der Waals surface area contributed by atoms with Gasteiger partial charge in [0.1, 0.15) is 17.1 Å². The summed E-state index contributed by atoms with van der Waals surface area (Å²) in [7, 11) is 0. The van der Waals surface area contributed by atoms with Gasteiger partial charge >= 0.3 is 6.09 Å². The first-order chi connectivity index (χ1) is 11.4. The molecule has 0 radical (unpaired) electrons. The van der Waals surface area contributed by atoms with Crippen LogP contribution in [0.5, 0.6) is 0 Å². The molecule has 126 valence electrons. The van der Waals surface area contributed by atoms with Gasteiger partial charge in [0.2, 0.25) is 0 Å². The predicted octanol–water partition coefficient (Wildman–Crippen LogP) is 1.93. The second-order valence-electron chi connectivity index (χ2n) is 5.87. The van der Waals surface area contributed by atoms with Crippen molar-refractivity contribution in [1.29, 1.82) is 0 Å². The fourth-order valence-corrected chi connectivity index (χ4v) is 3.23. The number of piperazine rings is 1. The number of rotatable bonds is 3. The van der Waals surface area contributed by atoms with Crippen molar-refractivity contribution in [1.82, 2.24) is 9.88 Å². The number of carboxylic acid groups (broad SMARTS) is 1. The van der Waals surface area contributed by atoms with Crippen molar-refractivity contribution in [2.24, 2.45) is 5.73 Å². The van der Waals surface area contributed by atoms with Gasteiger partial charge in [-0.2, -0.15) is 0 Å². The molecule has 1 aliphatic heterocycles. The molecule has 7 nitrogen and oxygen atoms in total. The van der Waals surface area contributed by atoms with E-state index < -0.39 is 11.8 Å². The van der Waals surface area contributed by atoms with Gasteiger partial charge in [-0.3, -0.25) is 4.90 Å². The molecule has 1 unspecified atom stereocenters. The van der Waals surface area contributed by atoms with Crippen LogP contribution >= 0.6 is 11.6 Å². The molecule has 1 aliphatic rings. The predicted molar refractivity (Wildman–Crippen MR) is 91.3 cm³/mol. The van der Waals surface area contributed by atoms with Crippen LogP contribution in [0.25, 0.3) is 10.8 Å². The van der Waals surface area contributed by atoms with E-state index in [0.29, 0.717) is 18.0 Å². The average molecular weight is 349 g/mol. The van der Waals surface area contributed by atoms with Crippen LogP contribution in [0, 0.1) is 0 Å². The Morgan fingerprint density at radius 1 is 1.38 bits per heavy atom. The van der Waals surface area contributed by atoms with Crippen molar-refractivity contribution < 1.29 is 14.7 Å². The summed E-state index contributed by atoms with van der Waals surface area (Å²) in [5, 5.41) is 11.6. The Balaban J connectivity index is 1.92. The molecule has 0 aliphatic carbocycles. The highest BCUT2D eigenvalue weighted by Crippen LogP contribution is 2.28. The van der Waals surface area contributed by atoms with Gasteiger partial charge in [0.15, 0.2) is 0 Å². The number of nitrogens with zero attached hydrogens (tertiary/aromatic N) is 3. The fraction of sp³-hybridized carbons (Fsp3) is 0.312. The minimum atomic E-state index is -1.24. The second kappa shape index (κ2) is 6.26. The molecule has 1 aromatic heterocycles. The maximum atomic E-state index is 11.4. The van der Waals surface area contributed by atoms with Crippen LogP contribution in [0.2, 0.25) is 5.15 Å². The number of fused-ring (bicyclic) bond motifs is 1. The molecule has 1 saturated heterocycles.